The Morgan fingerprint density at radius 1 is 1.44 bits per heavy atom. The van der Waals surface area contributed by atoms with Crippen molar-refractivity contribution in [3.63, 3.8) is 0 Å². The summed E-state index contributed by atoms with van der Waals surface area (Å²) >= 11 is 0. The fraction of sp³-hybridized carbons (Fsp3) is 1.00. The van der Waals surface area contributed by atoms with Crippen LogP contribution >= 0.6 is 7.82 Å². The van der Waals surface area contributed by atoms with Gasteiger partial charge in [-0.3, -0.25) is 4.57 Å². The number of nitrogens with zero attached hydrogens (tertiary/aromatic N) is 1. The minimum Gasteiger partial charge on any atom is -0.756 e. The zero-order chi connectivity index (χ0) is 14.6. The lowest BCUT2D eigenvalue weighted by Crippen LogP contribution is -2.52. The van der Waals surface area contributed by atoms with Crippen LogP contribution in [0.25, 0.3) is 0 Å². The summed E-state index contributed by atoms with van der Waals surface area (Å²) in [5.74, 6) is 0. The van der Waals surface area contributed by atoms with E-state index in [1.807, 2.05) is 21.1 Å². The zero-order valence-electron chi connectivity index (χ0n) is 11.4. The number of hydrogen-bond donors (Lipinski definition) is 3. The molecule has 0 heterocycles. The molecule has 0 aromatic rings. The van der Waals surface area contributed by atoms with Crippen molar-refractivity contribution in [3.8, 4) is 0 Å². The van der Waals surface area contributed by atoms with Gasteiger partial charge in [0.05, 0.1) is 33.9 Å². The van der Waals surface area contributed by atoms with Crippen molar-refractivity contribution in [2.24, 2.45) is 0 Å². The van der Waals surface area contributed by atoms with Crippen LogP contribution in [-0.2, 0) is 9.09 Å². The van der Waals surface area contributed by atoms with Gasteiger partial charge in [-0.25, -0.2) is 0 Å². The monoisotopic (exact) mass is 285 g/mol. The van der Waals surface area contributed by atoms with Crippen LogP contribution in [0.4, 0.5) is 0 Å². The third-order valence-corrected chi connectivity index (χ3v) is 3.15. The molecule has 0 saturated carbocycles. The second kappa shape index (κ2) is 6.43. The van der Waals surface area contributed by atoms with Gasteiger partial charge in [-0.05, 0) is 6.42 Å². The Kier molecular flexibility index (Phi) is 6.43. The van der Waals surface area contributed by atoms with E-state index >= 15 is 0 Å². The number of aliphatic hydroxyl groups is 2. The van der Waals surface area contributed by atoms with Crippen molar-refractivity contribution >= 4 is 7.82 Å². The Bertz CT molecular complexity index is 299. The fourth-order valence-corrected chi connectivity index (χ4v) is 2.81. The maximum absolute atomic E-state index is 11.0. The molecule has 0 aromatic carbocycles. The van der Waals surface area contributed by atoms with Crippen LogP contribution in [-0.4, -0.2) is 65.6 Å². The molecule has 3 N–H and O–H groups in total. The smallest absolute Gasteiger partial charge is 0.266 e. The Morgan fingerprint density at radius 2 is 1.94 bits per heavy atom. The van der Waals surface area contributed by atoms with Gasteiger partial charge in [0.25, 0.3) is 7.82 Å². The Hall–Kier alpha value is -0.0100. The van der Waals surface area contributed by atoms with Crippen LogP contribution in [0.5, 0.6) is 0 Å². The first-order valence-corrected chi connectivity index (χ1v) is 7.26. The molecule has 0 radical (unpaired) electrons. The third kappa shape index (κ3) is 7.43. The molecule has 0 aromatic heterocycles. The summed E-state index contributed by atoms with van der Waals surface area (Å²) in [6.45, 7) is 1.49. The summed E-state index contributed by atoms with van der Waals surface area (Å²) < 4.78 is 16.2. The number of aliphatic hydroxyl groups excluding tert-OH is 2. The van der Waals surface area contributed by atoms with Gasteiger partial charge in [-0.1, -0.05) is 6.92 Å². The molecule has 8 heteroatoms. The topological polar surface area (TPSA) is 110 Å². The maximum Gasteiger partial charge on any atom is 0.266 e. The molecule has 0 aliphatic rings. The summed E-state index contributed by atoms with van der Waals surface area (Å²) in [6.07, 6.45) is -0.877. The molecular formula is C10H24NO6P. The van der Waals surface area contributed by atoms with Crippen LogP contribution in [0, 0.1) is 0 Å². The standard InChI is InChI=1S/C10H24NO6P/c1-5-10(6-9(13)7-12,8-11(2,3)4)17-18(14,15)16/h9,12-13H,5-8H2,1-4H3,(H-,14,15,16). The lowest BCUT2D eigenvalue weighted by molar-refractivity contribution is -0.876. The van der Waals surface area contributed by atoms with Gasteiger partial charge in [0.1, 0.15) is 12.1 Å². The normalized spacial score (nSPS) is 21.1. The number of phosphoric acid groups is 1. The van der Waals surface area contributed by atoms with Gasteiger partial charge in [0.15, 0.2) is 0 Å². The molecule has 110 valence electrons. The highest BCUT2D eigenvalue weighted by atomic mass is 31.2. The number of quaternary nitrogens is 1. The van der Waals surface area contributed by atoms with Crippen molar-refractivity contribution in [1.82, 2.24) is 0 Å². The molecule has 3 unspecified atom stereocenters. The summed E-state index contributed by atoms with van der Waals surface area (Å²) in [5.41, 5.74) is -1.23. The van der Waals surface area contributed by atoms with E-state index in [0.29, 0.717) is 4.48 Å². The maximum atomic E-state index is 11.0. The largest absolute Gasteiger partial charge is 0.756 e. The predicted molar refractivity (Wildman–Crippen MR) is 64.5 cm³/mol. The van der Waals surface area contributed by atoms with Crippen molar-refractivity contribution in [2.75, 3.05) is 34.3 Å². The quantitative estimate of drug-likeness (QED) is 0.392. The van der Waals surface area contributed by atoms with Crippen molar-refractivity contribution in [3.05, 3.63) is 0 Å². The molecule has 18 heavy (non-hydrogen) atoms. The van der Waals surface area contributed by atoms with Crippen LogP contribution in [0.2, 0.25) is 0 Å². The van der Waals surface area contributed by atoms with Gasteiger partial charge in [0, 0.05) is 6.42 Å². The van der Waals surface area contributed by atoms with Gasteiger partial charge in [-0.15, -0.1) is 0 Å². The summed E-state index contributed by atoms with van der Waals surface area (Å²) in [7, 11) is 0.609. The van der Waals surface area contributed by atoms with Crippen molar-refractivity contribution in [1.29, 1.82) is 0 Å². The number of phosphoric ester groups is 1. The van der Waals surface area contributed by atoms with Gasteiger partial charge in [-0.2, -0.15) is 0 Å². The first-order valence-electron chi connectivity index (χ1n) is 5.77. The van der Waals surface area contributed by atoms with E-state index in [9.17, 15) is 14.6 Å². The fourth-order valence-electron chi connectivity index (χ4n) is 2.05. The first-order chi connectivity index (χ1) is 7.93. The Labute approximate surface area is 108 Å². The van der Waals surface area contributed by atoms with E-state index in [2.05, 4.69) is 0 Å². The minimum atomic E-state index is -4.91. The average Bonchev–Trinajstić information content (AvgIpc) is 2.12. The molecule has 0 saturated heterocycles. The highest BCUT2D eigenvalue weighted by Gasteiger charge is 2.40. The molecule has 0 spiro atoms. The number of likely N-dealkylation sites (N-methyl/N-ethyl adjacent to an activating group) is 1. The zero-order valence-corrected chi connectivity index (χ0v) is 12.3. The average molecular weight is 285 g/mol. The van der Waals surface area contributed by atoms with E-state index in [0.717, 1.165) is 0 Å². The Morgan fingerprint density at radius 3 is 2.22 bits per heavy atom. The van der Waals surface area contributed by atoms with E-state index in [-0.39, 0.29) is 19.4 Å². The van der Waals surface area contributed by atoms with Crippen LogP contribution in [0.1, 0.15) is 19.8 Å². The Balaban J connectivity index is 5.13. The molecule has 0 rings (SSSR count). The summed E-state index contributed by atoms with van der Waals surface area (Å²) in [6, 6.07) is 0. The van der Waals surface area contributed by atoms with E-state index < -0.39 is 26.1 Å². The van der Waals surface area contributed by atoms with E-state index in [1.165, 1.54) is 0 Å². The molecule has 0 amide bonds. The second-order valence-corrected chi connectivity index (χ2v) is 6.71. The summed E-state index contributed by atoms with van der Waals surface area (Å²) in [5, 5.41) is 18.4. The highest BCUT2D eigenvalue weighted by Crippen LogP contribution is 2.41. The van der Waals surface area contributed by atoms with Crippen LogP contribution in [0.3, 0.4) is 0 Å². The highest BCUT2D eigenvalue weighted by molar-refractivity contribution is 7.44. The number of rotatable bonds is 8. The van der Waals surface area contributed by atoms with E-state index in [1.54, 1.807) is 6.92 Å². The van der Waals surface area contributed by atoms with Gasteiger partial charge >= 0.3 is 0 Å². The van der Waals surface area contributed by atoms with Crippen LogP contribution < -0.4 is 4.89 Å². The van der Waals surface area contributed by atoms with Gasteiger partial charge < -0.3 is 29.0 Å². The van der Waals surface area contributed by atoms with Crippen LogP contribution in [0.15, 0.2) is 0 Å². The summed E-state index contributed by atoms with van der Waals surface area (Å²) in [4.78, 5) is 19.9. The second-order valence-electron chi connectivity index (χ2n) is 5.59. The minimum absolute atomic E-state index is 0.0672. The third-order valence-electron chi connectivity index (χ3n) is 2.53. The lowest BCUT2D eigenvalue weighted by atomic mass is 9.92. The lowest BCUT2D eigenvalue weighted by Gasteiger charge is -2.41. The molecular weight excluding hydrogens is 261 g/mol. The van der Waals surface area contributed by atoms with Crippen molar-refractivity contribution in [2.45, 2.75) is 31.5 Å². The predicted octanol–water partition coefficient (Wildman–Crippen LogP) is -0.938. The molecule has 7 nitrogen and oxygen atoms in total. The molecule has 0 aliphatic heterocycles. The van der Waals surface area contributed by atoms with Crippen molar-refractivity contribution < 1.29 is 33.6 Å². The molecule has 0 bridgehead atoms. The molecule has 3 atom stereocenters. The van der Waals surface area contributed by atoms with E-state index in [4.69, 9.17) is 14.5 Å². The van der Waals surface area contributed by atoms with Gasteiger partial charge in [0.2, 0.25) is 0 Å². The molecule has 0 fully saturated rings. The molecule has 0 aliphatic carbocycles. The SMILES string of the molecule is CCC(CC(O)CO)(C[N+](C)(C)C)OP(=O)([O-])O. The first kappa shape index (κ1) is 18.0. The number of hydrogen-bond acceptors (Lipinski definition) is 5.